The molecule has 0 spiro atoms. The first-order chi connectivity index (χ1) is 9.12. The van der Waals surface area contributed by atoms with Crippen LogP contribution in [0.1, 0.15) is 22.3 Å². The third-order valence-corrected chi connectivity index (χ3v) is 2.45. The zero-order valence-electron chi connectivity index (χ0n) is 10.8. The maximum absolute atomic E-state index is 11.6. The van der Waals surface area contributed by atoms with Crippen molar-refractivity contribution in [1.29, 1.82) is 0 Å². The summed E-state index contributed by atoms with van der Waals surface area (Å²) in [4.78, 5) is 22.6. The first kappa shape index (κ1) is 14.7. The van der Waals surface area contributed by atoms with Crippen molar-refractivity contribution < 1.29 is 19.1 Å². The molecule has 1 aromatic rings. The number of carbonyl (C=O) groups excluding carboxylic acids is 2. The van der Waals surface area contributed by atoms with Gasteiger partial charge in [0.15, 0.2) is 0 Å². The minimum Gasteiger partial charge on any atom is -0.497 e. The monoisotopic (exact) mass is 264 g/mol. The van der Waals surface area contributed by atoms with Gasteiger partial charge in [0.25, 0.3) is 5.91 Å². The Kier molecular flexibility index (Phi) is 5.56. The number of rotatable bonds is 5. The summed E-state index contributed by atoms with van der Waals surface area (Å²) in [6.45, 7) is 0. The number of nitrogen functional groups attached to an aromatic ring is 1. The van der Waals surface area contributed by atoms with Gasteiger partial charge in [-0.1, -0.05) is 18.2 Å². The highest BCUT2D eigenvalue weighted by atomic mass is 16.5. The molecule has 102 valence electrons. The van der Waals surface area contributed by atoms with Crippen LogP contribution in [0.15, 0.2) is 24.3 Å². The average molecular weight is 264 g/mol. The molecule has 0 unspecified atom stereocenters. The SMILES string of the molecule is COC(=O)CC=Cc1ccc(OC)cc1C(=O)NN. The van der Waals surface area contributed by atoms with E-state index in [2.05, 4.69) is 10.2 Å². The van der Waals surface area contributed by atoms with Crippen molar-refractivity contribution in [2.75, 3.05) is 14.2 Å². The van der Waals surface area contributed by atoms with E-state index in [4.69, 9.17) is 10.6 Å². The van der Waals surface area contributed by atoms with Crippen LogP contribution < -0.4 is 16.0 Å². The quantitative estimate of drug-likeness (QED) is 0.356. The lowest BCUT2D eigenvalue weighted by atomic mass is 10.1. The smallest absolute Gasteiger partial charge is 0.309 e. The van der Waals surface area contributed by atoms with Crippen molar-refractivity contribution >= 4 is 18.0 Å². The number of amides is 1. The van der Waals surface area contributed by atoms with Gasteiger partial charge in [0.1, 0.15) is 5.75 Å². The van der Waals surface area contributed by atoms with Gasteiger partial charge in [-0.15, -0.1) is 0 Å². The van der Waals surface area contributed by atoms with Crippen LogP contribution in [-0.2, 0) is 9.53 Å². The third-order valence-electron chi connectivity index (χ3n) is 2.45. The fourth-order valence-corrected chi connectivity index (χ4v) is 1.45. The Morgan fingerprint density at radius 3 is 2.68 bits per heavy atom. The molecular formula is C13H16N2O4. The van der Waals surface area contributed by atoms with Crippen molar-refractivity contribution in [3.8, 4) is 5.75 Å². The average Bonchev–Trinajstić information content (AvgIpc) is 2.46. The molecule has 1 aromatic carbocycles. The van der Waals surface area contributed by atoms with Gasteiger partial charge in [0.05, 0.1) is 26.2 Å². The van der Waals surface area contributed by atoms with Gasteiger partial charge in [0.2, 0.25) is 0 Å². The van der Waals surface area contributed by atoms with Crippen LogP contribution in [-0.4, -0.2) is 26.1 Å². The number of nitrogens with two attached hydrogens (primary N) is 1. The van der Waals surface area contributed by atoms with Gasteiger partial charge in [0, 0.05) is 0 Å². The van der Waals surface area contributed by atoms with Crippen LogP contribution in [0.25, 0.3) is 6.08 Å². The van der Waals surface area contributed by atoms with Gasteiger partial charge in [-0.05, 0) is 17.7 Å². The summed E-state index contributed by atoms with van der Waals surface area (Å²) in [5.74, 6) is 4.88. The number of hydrogen-bond acceptors (Lipinski definition) is 5. The summed E-state index contributed by atoms with van der Waals surface area (Å²) in [5.41, 5.74) is 3.06. The van der Waals surface area contributed by atoms with Crippen LogP contribution in [0.5, 0.6) is 5.75 Å². The predicted molar refractivity (Wildman–Crippen MR) is 70.3 cm³/mol. The highest BCUT2D eigenvalue weighted by Gasteiger charge is 2.10. The van der Waals surface area contributed by atoms with Crippen molar-refractivity contribution in [3.05, 3.63) is 35.4 Å². The molecule has 1 amide bonds. The maximum atomic E-state index is 11.6. The van der Waals surface area contributed by atoms with E-state index in [0.29, 0.717) is 16.9 Å². The van der Waals surface area contributed by atoms with Gasteiger partial charge in [-0.3, -0.25) is 15.0 Å². The molecule has 0 atom stereocenters. The molecule has 0 saturated carbocycles. The molecule has 6 heteroatoms. The standard InChI is InChI=1S/C13H16N2O4/c1-18-10-7-6-9(4-3-5-12(16)19-2)11(8-10)13(17)15-14/h3-4,6-8H,5,14H2,1-2H3,(H,15,17). The normalized spacial score (nSPS) is 10.3. The minimum atomic E-state index is -0.434. The van der Waals surface area contributed by atoms with E-state index < -0.39 is 5.91 Å². The molecule has 0 aromatic heterocycles. The first-order valence-electron chi connectivity index (χ1n) is 5.54. The second-order valence-electron chi connectivity index (χ2n) is 3.61. The van der Waals surface area contributed by atoms with E-state index in [1.54, 1.807) is 30.4 Å². The summed E-state index contributed by atoms with van der Waals surface area (Å²) >= 11 is 0. The second-order valence-corrected chi connectivity index (χ2v) is 3.61. The van der Waals surface area contributed by atoms with Crippen LogP contribution in [0.2, 0.25) is 0 Å². The van der Waals surface area contributed by atoms with E-state index in [1.165, 1.54) is 14.2 Å². The van der Waals surface area contributed by atoms with E-state index in [1.807, 2.05) is 0 Å². The van der Waals surface area contributed by atoms with Crippen molar-refractivity contribution in [1.82, 2.24) is 5.43 Å². The number of ether oxygens (including phenoxy) is 2. The molecule has 19 heavy (non-hydrogen) atoms. The molecule has 0 heterocycles. The van der Waals surface area contributed by atoms with E-state index in [0.717, 1.165) is 0 Å². The molecule has 0 bridgehead atoms. The number of benzene rings is 1. The molecule has 0 aliphatic heterocycles. The number of methoxy groups -OCH3 is 2. The molecule has 0 aliphatic carbocycles. The summed E-state index contributed by atoms with van der Waals surface area (Å²) in [7, 11) is 2.82. The largest absolute Gasteiger partial charge is 0.497 e. The third kappa shape index (κ3) is 4.11. The Bertz CT molecular complexity index is 497. The Labute approximate surface area is 111 Å². The van der Waals surface area contributed by atoms with Crippen LogP contribution >= 0.6 is 0 Å². The fourth-order valence-electron chi connectivity index (χ4n) is 1.45. The Hall–Kier alpha value is -2.34. The number of hydrogen-bond donors (Lipinski definition) is 2. The molecule has 0 radical (unpaired) electrons. The van der Waals surface area contributed by atoms with Crippen LogP contribution in [0.4, 0.5) is 0 Å². The Balaban J connectivity index is 2.99. The zero-order chi connectivity index (χ0) is 14.3. The minimum absolute atomic E-state index is 0.131. The van der Waals surface area contributed by atoms with Crippen molar-refractivity contribution in [3.63, 3.8) is 0 Å². The summed E-state index contributed by atoms with van der Waals surface area (Å²) < 4.78 is 9.56. The molecular weight excluding hydrogens is 248 g/mol. The molecule has 1 rings (SSSR count). The molecule has 0 aliphatic rings. The predicted octanol–water partition coefficient (Wildman–Crippen LogP) is 0.875. The number of esters is 1. The lowest BCUT2D eigenvalue weighted by Gasteiger charge is -2.07. The van der Waals surface area contributed by atoms with Gasteiger partial charge >= 0.3 is 5.97 Å². The van der Waals surface area contributed by atoms with Crippen molar-refractivity contribution in [2.24, 2.45) is 5.84 Å². The number of nitrogens with one attached hydrogen (secondary N) is 1. The summed E-state index contributed by atoms with van der Waals surface area (Å²) in [6.07, 6.45) is 3.40. The molecule has 6 nitrogen and oxygen atoms in total. The van der Waals surface area contributed by atoms with Gasteiger partial charge < -0.3 is 9.47 Å². The Morgan fingerprint density at radius 1 is 1.37 bits per heavy atom. The zero-order valence-corrected chi connectivity index (χ0v) is 10.8. The van der Waals surface area contributed by atoms with E-state index >= 15 is 0 Å². The van der Waals surface area contributed by atoms with E-state index in [-0.39, 0.29) is 12.4 Å². The maximum Gasteiger partial charge on any atom is 0.309 e. The lowest BCUT2D eigenvalue weighted by Crippen LogP contribution is -2.30. The topological polar surface area (TPSA) is 90.6 Å². The van der Waals surface area contributed by atoms with Crippen LogP contribution in [0, 0.1) is 0 Å². The van der Waals surface area contributed by atoms with Gasteiger partial charge in [-0.2, -0.15) is 0 Å². The van der Waals surface area contributed by atoms with Crippen molar-refractivity contribution in [2.45, 2.75) is 6.42 Å². The highest BCUT2D eigenvalue weighted by molar-refractivity contribution is 5.97. The van der Waals surface area contributed by atoms with E-state index in [9.17, 15) is 9.59 Å². The number of hydrazine groups is 1. The summed E-state index contributed by atoms with van der Waals surface area (Å²) in [5, 5.41) is 0. The second kappa shape index (κ2) is 7.17. The first-order valence-corrected chi connectivity index (χ1v) is 5.54. The molecule has 0 fully saturated rings. The van der Waals surface area contributed by atoms with Gasteiger partial charge in [-0.25, -0.2) is 5.84 Å². The fraction of sp³-hybridized carbons (Fsp3) is 0.231. The molecule has 3 N–H and O–H groups in total. The Morgan fingerprint density at radius 2 is 2.11 bits per heavy atom. The highest BCUT2D eigenvalue weighted by Crippen LogP contribution is 2.19. The lowest BCUT2D eigenvalue weighted by molar-refractivity contribution is -0.139. The summed E-state index contributed by atoms with van der Waals surface area (Å²) in [6, 6.07) is 4.99. The number of carbonyl (C=O) groups is 2. The van der Waals surface area contributed by atoms with Crippen LogP contribution in [0.3, 0.4) is 0 Å². The molecule has 0 saturated heterocycles.